The van der Waals surface area contributed by atoms with E-state index in [4.69, 9.17) is 9.47 Å². The predicted octanol–water partition coefficient (Wildman–Crippen LogP) is 4.32. The van der Waals surface area contributed by atoms with Crippen molar-refractivity contribution in [3.63, 3.8) is 0 Å². The zero-order chi connectivity index (χ0) is 18.4. The second-order valence-electron chi connectivity index (χ2n) is 6.92. The molecule has 0 aliphatic carbocycles. The monoisotopic (exact) mass is 341 g/mol. The average Bonchev–Trinajstić information content (AvgIpc) is 2.59. The molecule has 2 rings (SSSR count). The first-order valence-electron chi connectivity index (χ1n) is 8.54. The van der Waals surface area contributed by atoms with E-state index in [1.54, 1.807) is 19.2 Å². The third-order valence-corrected chi connectivity index (χ3v) is 3.96. The second-order valence-corrected chi connectivity index (χ2v) is 6.92. The number of carbonyl (C=O) groups is 1. The molecule has 0 aliphatic rings. The van der Waals surface area contributed by atoms with Crippen LogP contribution in [0.2, 0.25) is 0 Å². The Morgan fingerprint density at radius 2 is 1.80 bits per heavy atom. The molecule has 1 amide bonds. The number of methoxy groups -OCH3 is 1. The first-order valence-corrected chi connectivity index (χ1v) is 8.54. The topological polar surface area (TPSA) is 47.6 Å². The number of rotatable bonds is 6. The van der Waals surface area contributed by atoms with Crippen molar-refractivity contribution >= 4 is 5.91 Å². The van der Waals surface area contributed by atoms with Crippen LogP contribution in [-0.2, 0) is 12.0 Å². The highest BCUT2D eigenvalue weighted by molar-refractivity contribution is 5.94. The van der Waals surface area contributed by atoms with Crippen LogP contribution in [-0.4, -0.2) is 19.6 Å². The highest BCUT2D eigenvalue weighted by Crippen LogP contribution is 2.32. The summed E-state index contributed by atoms with van der Waals surface area (Å²) in [4.78, 5) is 12.1. The van der Waals surface area contributed by atoms with Gasteiger partial charge in [-0.25, -0.2) is 0 Å². The third-order valence-electron chi connectivity index (χ3n) is 3.96. The Kier molecular flexibility index (Phi) is 6.07. The van der Waals surface area contributed by atoms with Crippen LogP contribution in [0.25, 0.3) is 0 Å². The van der Waals surface area contributed by atoms with Crippen LogP contribution in [0.5, 0.6) is 11.5 Å². The molecule has 2 aromatic rings. The molecule has 2 aromatic carbocycles. The number of nitrogens with one attached hydrogen (secondary N) is 1. The van der Waals surface area contributed by atoms with Gasteiger partial charge < -0.3 is 14.8 Å². The van der Waals surface area contributed by atoms with Gasteiger partial charge in [0.25, 0.3) is 5.91 Å². The van der Waals surface area contributed by atoms with Crippen molar-refractivity contribution in [3.8, 4) is 11.5 Å². The number of para-hydroxylation sites is 1. The highest BCUT2D eigenvalue weighted by atomic mass is 16.5. The van der Waals surface area contributed by atoms with Gasteiger partial charge in [-0.2, -0.15) is 0 Å². The van der Waals surface area contributed by atoms with Crippen molar-refractivity contribution in [3.05, 3.63) is 59.2 Å². The normalized spacial score (nSPS) is 11.1. The van der Waals surface area contributed by atoms with Crippen molar-refractivity contribution in [1.82, 2.24) is 5.32 Å². The lowest BCUT2D eigenvalue weighted by Crippen LogP contribution is -2.22. The van der Waals surface area contributed by atoms with Gasteiger partial charge in [0.15, 0.2) is 0 Å². The van der Waals surface area contributed by atoms with Gasteiger partial charge in [0, 0.05) is 17.7 Å². The standard InChI is InChI=1S/C21H27NO3/c1-6-22-20(23)15-11-12-18(24-5)16(13-15)14-25-19-10-8-7-9-17(19)21(2,3)4/h7-13H,6,14H2,1-5H3,(H,22,23). The van der Waals surface area contributed by atoms with Crippen molar-refractivity contribution in [2.24, 2.45) is 0 Å². The highest BCUT2D eigenvalue weighted by Gasteiger charge is 2.19. The summed E-state index contributed by atoms with van der Waals surface area (Å²) < 4.78 is 11.5. The molecule has 0 spiro atoms. The van der Waals surface area contributed by atoms with Crippen molar-refractivity contribution in [2.75, 3.05) is 13.7 Å². The fourth-order valence-corrected chi connectivity index (χ4v) is 2.66. The largest absolute Gasteiger partial charge is 0.496 e. The Labute approximate surface area is 150 Å². The maximum atomic E-state index is 12.1. The van der Waals surface area contributed by atoms with E-state index in [2.05, 4.69) is 32.2 Å². The molecule has 0 aliphatic heterocycles. The van der Waals surface area contributed by atoms with Gasteiger partial charge in [-0.3, -0.25) is 4.79 Å². The Morgan fingerprint density at radius 1 is 1.08 bits per heavy atom. The summed E-state index contributed by atoms with van der Waals surface area (Å²) in [6.45, 7) is 9.30. The van der Waals surface area contributed by atoms with Crippen LogP contribution in [0.15, 0.2) is 42.5 Å². The Balaban J connectivity index is 2.26. The lowest BCUT2D eigenvalue weighted by Gasteiger charge is -2.23. The summed E-state index contributed by atoms with van der Waals surface area (Å²) in [7, 11) is 1.62. The number of ether oxygens (including phenoxy) is 2. The van der Waals surface area contributed by atoms with Crippen LogP contribution in [0, 0.1) is 0 Å². The molecule has 0 atom stereocenters. The molecule has 0 saturated carbocycles. The molecular formula is C21H27NO3. The van der Waals surface area contributed by atoms with E-state index in [1.165, 1.54) is 0 Å². The number of carbonyl (C=O) groups excluding carboxylic acids is 1. The maximum absolute atomic E-state index is 12.1. The molecule has 134 valence electrons. The van der Waals surface area contributed by atoms with E-state index in [9.17, 15) is 4.79 Å². The van der Waals surface area contributed by atoms with E-state index in [0.717, 1.165) is 16.9 Å². The van der Waals surface area contributed by atoms with Crippen molar-refractivity contribution in [1.29, 1.82) is 0 Å². The molecule has 0 radical (unpaired) electrons. The molecule has 0 bridgehead atoms. The van der Waals surface area contributed by atoms with Crippen LogP contribution >= 0.6 is 0 Å². The first-order chi connectivity index (χ1) is 11.9. The number of benzene rings is 2. The van der Waals surface area contributed by atoms with Crippen LogP contribution < -0.4 is 14.8 Å². The van der Waals surface area contributed by atoms with Gasteiger partial charge in [0.2, 0.25) is 0 Å². The van der Waals surface area contributed by atoms with E-state index in [-0.39, 0.29) is 11.3 Å². The smallest absolute Gasteiger partial charge is 0.251 e. The Morgan fingerprint density at radius 3 is 2.44 bits per heavy atom. The minimum absolute atomic E-state index is 0.0104. The summed E-state index contributed by atoms with van der Waals surface area (Å²) in [5.41, 5.74) is 2.58. The van der Waals surface area contributed by atoms with Crippen LogP contribution in [0.1, 0.15) is 49.2 Å². The van der Waals surface area contributed by atoms with E-state index >= 15 is 0 Å². The van der Waals surface area contributed by atoms with Gasteiger partial charge in [-0.05, 0) is 42.2 Å². The molecule has 0 unspecified atom stereocenters. The average molecular weight is 341 g/mol. The van der Waals surface area contributed by atoms with Crippen molar-refractivity contribution < 1.29 is 14.3 Å². The van der Waals surface area contributed by atoms with Gasteiger partial charge in [0.05, 0.1) is 7.11 Å². The fraction of sp³-hybridized carbons (Fsp3) is 0.381. The number of hydrogen-bond donors (Lipinski definition) is 1. The molecular weight excluding hydrogens is 314 g/mol. The minimum Gasteiger partial charge on any atom is -0.496 e. The number of hydrogen-bond acceptors (Lipinski definition) is 3. The van der Waals surface area contributed by atoms with E-state index in [1.807, 2.05) is 31.2 Å². The Hall–Kier alpha value is -2.49. The lowest BCUT2D eigenvalue weighted by molar-refractivity contribution is 0.0955. The molecule has 0 heterocycles. The molecule has 0 aromatic heterocycles. The summed E-state index contributed by atoms with van der Waals surface area (Å²) in [5, 5.41) is 2.81. The molecule has 0 fully saturated rings. The molecule has 4 heteroatoms. The van der Waals surface area contributed by atoms with Crippen LogP contribution in [0.3, 0.4) is 0 Å². The van der Waals surface area contributed by atoms with Gasteiger partial charge in [0.1, 0.15) is 18.1 Å². The fourth-order valence-electron chi connectivity index (χ4n) is 2.66. The lowest BCUT2D eigenvalue weighted by atomic mass is 9.86. The zero-order valence-corrected chi connectivity index (χ0v) is 15.7. The predicted molar refractivity (Wildman–Crippen MR) is 100 cm³/mol. The van der Waals surface area contributed by atoms with Gasteiger partial charge in [-0.15, -0.1) is 0 Å². The van der Waals surface area contributed by atoms with Crippen molar-refractivity contribution in [2.45, 2.75) is 39.7 Å². The summed E-state index contributed by atoms with van der Waals surface area (Å²) in [6.07, 6.45) is 0. The van der Waals surface area contributed by atoms with Gasteiger partial charge >= 0.3 is 0 Å². The number of amides is 1. The van der Waals surface area contributed by atoms with E-state index in [0.29, 0.717) is 24.5 Å². The Bertz CT molecular complexity index is 732. The minimum atomic E-state index is -0.0958. The molecule has 25 heavy (non-hydrogen) atoms. The quantitative estimate of drug-likeness (QED) is 0.851. The molecule has 0 saturated heterocycles. The summed E-state index contributed by atoms with van der Waals surface area (Å²) in [5.74, 6) is 1.46. The zero-order valence-electron chi connectivity index (χ0n) is 15.7. The molecule has 4 nitrogen and oxygen atoms in total. The summed E-state index contributed by atoms with van der Waals surface area (Å²) >= 11 is 0. The summed E-state index contributed by atoms with van der Waals surface area (Å²) in [6, 6.07) is 13.4. The van der Waals surface area contributed by atoms with E-state index < -0.39 is 0 Å². The maximum Gasteiger partial charge on any atom is 0.251 e. The molecule has 1 N–H and O–H groups in total. The second kappa shape index (κ2) is 8.06. The third kappa shape index (κ3) is 4.75. The first kappa shape index (κ1) is 18.8. The SMILES string of the molecule is CCNC(=O)c1ccc(OC)c(COc2ccccc2C(C)(C)C)c1. The van der Waals surface area contributed by atoms with Gasteiger partial charge in [-0.1, -0.05) is 39.0 Å². The van der Waals surface area contributed by atoms with Crippen LogP contribution in [0.4, 0.5) is 0 Å².